The van der Waals surface area contributed by atoms with Crippen molar-refractivity contribution in [2.24, 2.45) is 23.7 Å². The van der Waals surface area contributed by atoms with Gasteiger partial charge in [-0.25, -0.2) is 0 Å². The van der Waals surface area contributed by atoms with Crippen LogP contribution in [0.15, 0.2) is 125 Å². The summed E-state index contributed by atoms with van der Waals surface area (Å²) < 4.78 is 0. The summed E-state index contributed by atoms with van der Waals surface area (Å²) in [5.41, 5.74) is 1.76. The van der Waals surface area contributed by atoms with E-state index < -0.39 is 18.8 Å². The highest BCUT2D eigenvalue weighted by molar-refractivity contribution is 7.73. The summed E-state index contributed by atoms with van der Waals surface area (Å²) in [4.78, 5) is 29.5. The lowest BCUT2D eigenvalue weighted by molar-refractivity contribution is 0.0105. The molecule has 4 aliphatic rings. The second-order valence-electron chi connectivity index (χ2n) is 15.0. The minimum absolute atomic E-state index is 0.0324. The predicted molar refractivity (Wildman–Crippen MR) is 211 cm³/mol. The lowest BCUT2D eigenvalue weighted by Crippen LogP contribution is -2.56. The lowest BCUT2D eigenvalue weighted by atomic mass is 9.72. The van der Waals surface area contributed by atoms with Gasteiger partial charge in [0, 0.05) is 18.6 Å². The monoisotopic (exact) mass is 681 g/mol. The van der Waals surface area contributed by atoms with Crippen molar-refractivity contribution in [3.8, 4) is 0 Å². The zero-order valence-electron chi connectivity index (χ0n) is 29.2. The number of piperidine rings is 3. The van der Waals surface area contributed by atoms with Crippen LogP contribution in [0.1, 0.15) is 51.1 Å². The smallest absolute Gasteiger partial charge is 0.253 e. The van der Waals surface area contributed by atoms with Crippen molar-refractivity contribution in [2.75, 3.05) is 23.7 Å². The molecule has 5 aromatic carbocycles. The molecule has 2 bridgehead atoms. The topological polar surface area (TPSA) is 61.4 Å². The van der Waals surface area contributed by atoms with Crippen molar-refractivity contribution >= 4 is 40.7 Å². The van der Waals surface area contributed by atoms with Crippen molar-refractivity contribution in [3.05, 3.63) is 142 Å². The van der Waals surface area contributed by atoms with Crippen LogP contribution in [0.5, 0.6) is 0 Å². The molecule has 3 saturated heterocycles. The maximum atomic E-state index is 13.5. The summed E-state index contributed by atoms with van der Waals surface area (Å²) in [6, 6.07) is 37.1. The van der Waals surface area contributed by atoms with Gasteiger partial charge in [0.2, 0.25) is 0 Å². The van der Waals surface area contributed by atoms with E-state index in [9.17, 15) is 9.59 Å². The SMILES string of the molecule is C=CC1CN2CCC1CC2C(Nc1c(N[C@H](C)[C@@H]2CCC(C)C2P(c2ccccc2)c2ccccc2)c(=O)c1=O)c1cccc2ccccc12. The first-order valence-electron chi connectivity index (χ1n) is 18.5. The Morgan fingerprint density at radius 3 is 2.10 bits per heavy atom. The standard InChI is InChI=1S/C44H48N3O2P/c1-4-30-27-47-25-24-32(30)26-38(47)39(37-21-13-15-31-14-11-12-20-36(31)37)46-41-40(42(48)43(41)49)45-29(3)35-23-22-28(2)44(35)50(33-16-7-5-8-17-33)34-18-9-6-10-19-34/h4-21,28-30,32,35,38-39,44-46H,1,22-27H2,2-3H3/t28?,29-,30?,32?,35+,38?,39?,44?/m1/s1. The van der Waals surface area contributed by atoms with E-state index in [0.29, 0.717) is 40.7 Å². The molecule has 1 saturated carbocycles. The van der Waals surface area contributed by atoms with Crippen LogP contribution in [0.4, 0.5) is 11.4 Å². The molecule has 0 radical (unpaired) electrons. The number of hydrogen-bond donors (Lipinski definition) is 2. The number of rotatable bonds is 11. The molecule has 5 aromatic rings. The second-order valence-corrected chi connectivity index (χ2v) is 17.4. The molecule has 50 heavy (non-hydrogen) atoms. The number of nitrogens with zero attached hydrogens (tertiary/aromatic N) is 1. The molecule has 0 spiro atoms. The summed E-state index contributed by atoms with van der Waals surface area (Å²) in [6.45, 7) is 10.8. The maximum Gasteiger partial charge on any atom is 0.253 e. The number of benzene rings is 4. The Bertz CT molecular complexity index is 2000. The van der Waals surface area contributed by atoms with Crippen LogP contribution in [-0.2, 0) is 0 Å². The molecule has 9 atom stereocenters. The first kappa shape index (κ1) is 33.1. The molecule has 5 nitrogen and oxygen atoms in total. The number of nitrogens with one attached hydrogen (secondary N) is 2. The molecule has 4 fully saturated rings. The predicted octanol–water partition coefficient (Wildman–Crippen LogP) is 7.83. The van der Waals surface area contributed by atoms with E-state index in [4.69, 9.17) is 0 Å². The summed E-state index contributed by atoms with van der Waals surface area (Å²) in [6.07, 6.45) is 6.60. The third-order valence-electron chi connectivity index (χ3n) is 12.3. The first-order chi connectivity index (χ1) is 24.4. The lowest BCUT2D eigenvalue weighted by Gasteiger charge is -2.52. The molecule has 0 aromatic heterocycles. The fraction of sp³-hybridized carbons (Fsp3) is 0.364. The molecule has 7 unspecified atom stereocenters. The minimum Gasteiger partial charge on any atom is -0.377 e. The van der Waals surface area contributed by atoms with Crippen LogP contribution < -0.4 is 32.1 Å². The van der Waals surface area contributed by atoms with Crippen molar-refractivity contribution in [1.82, 2.24) is 4.90 Å². The highest BCUT2D eigenvalue weighted by atomic mass is 31.1. The molecular weight excluding hydrogens is 633 g/mol. The third kappa shape index (κ3) is 5.93. The van der Waals surface area contributed by atoms with Gasteiger partial charge in [0.25, 0.3) is 10.9 Å². The van der Waals surface area contributed by atoms with E-state index in [1.165, 1.54) is 33.4 Å². The Morgan fingerprint density at radius 2 is 1.44 bits per heavy atom. The van der Waals surface area contributed by atoms with Gasteiger partial charge < -0.3 is 10.6 Å². The second kappa shape index (κ2) is 13.9. The summed E-state index contributed by atoms with van der Waals surface area (Å²) in [5, 5.41) is 12.6. The third-order valence-corrected chi connectivity index (χ3v) is 15.5. The largest absolute Gasteiger partial charge is 0.377 e. The summed E-state index contributed by atoms with van der Waals surface area (Å²) >= 11 is 0. The number of fused-ring (bicyclic) bond motifs is 4. The zero-order chi connectivity index (χ0) is 34.4. The van der Waals surface area contributed by atoms with Crippen molar-refractivity contribution in [1.29, 1.82) is 0 Å². The van der Waals surface area contributed by atoms with E-state index in [-0.39, 0.29) is 18.1 Å². The van der Waals surface area contributed by atoms with Gasteiger partial charge in [-0.1, -0.05) is 116 Å². The molecule has 3 aliphatic heterocycles. The summed E-state index contributed by atoms with van der Waals surface area (Å²) in [7, 11) is -0.620. The van der Waals surface area contributed by atoms with Crippen LogP contribution in [-0.4, -0.2) is 35.7 Å². The number of anilines is 2. The van der Waals surface area contributed by atoms with E-state index in [1.807, 2.05) is 0 Å². The van der Waals surface area contributed by atoms with Gasteiger partial charge in [0.05, 0.1) is 6.04 Å². The van der Waals surface area contributed by atoms with Gasteiger partial charge in [-0.05, 0) is 103 Å². The average Bonchev–Trinajstić information content (AvgIpc) is 3.55. The minimum atomic E-state index is -0.620. The number of hydrogen-bond acceptors (Lipinski definition) is 5. The average molecular weight is 682 g/mol. The molecule has 256 valence electrons. The van der Waals surface area contributed by atoms with Crippen LogP contribution >= 0.6 is 7.92 Å². The quantitative estimate of drug-likeness (QED) is 0.0846. The highest BCUT2D eigenvalue weighted by Gasteiger charge is 2.45. The van der Waals surface area contributed by atoms with E-state index in [0.717, 1.165) is 32.4 Å². The van der Waals surface area contributed by atoms with Crippen LogP contribution in [0, 0.1) is 23.7 Å². The fourth-order valence-electron chi connectivity index (χ4n) is 9.67. The normalized spacial score (nSPS) is 27.4. The Balaban J connectivity index is 1.12. The van der Waals surface area contributed by atoms with Crippen LogP contribution in [0.25, 0.3) is 10.8 Å². The van der Waals surface area contributed by atoms with Gasteiger partial charge >= 0.3 is 0 Å². The molecule has 0 amide bonds. The van der Waals surface area contributed by atoms with Gasteiger partial charge in [-0.15, -0.1) is 6.58 Å². The molecule has 6 heteroatoms. The highest BCUT2D eigenvalue weighted by Crippen LogP contribution is 2.54. The van der Waals surface area contributed by atoms with Gasteiger partial charge in [0.1, 0.15) is 11.4 Å². The Kier molecular flexibility index (Phi) is 9.23. The molecule has 3 heterocycles. The van der Waals surface area contributed by atoms with Gasteiger partial charge in [-0.2, -0.15) is 0 Å². The van der Waals surface area contributed by atoms with E-state index in [1.54, 1.807) is 0 Å². The Hall–Kier alpha value is -4.05. The van der Waals surface area contributed by atoms with Gasteiger partial charge in [0.15, 0.2) is 0 Å². The van der Waals surface area contributed by atoms with E-state index >= 15 is 0 Å². The van der Waals surface area contributed by atoms with Gasteiger partial charge in [-0.3, -0.25) is 14.5 Å². The first-order valence-corrected chi connectivity index (χ1v) is 19.9. The van der Waals surface area contributed by atoms with E-state index in [2.05, 4.69) is 145 Å². The summed E-state index contributed by atoms with van der Waals surface area (Å²) in [5.74, 6) is 1.99. The van der Waals surface area contributed by atoms with Crippen molar-refractivity contribution in [2.45, 2.75) is 63.3 Å². The van der Waals surface area contributed by atoms with Crippen LogP contribution in [0.2, 0.25) is 0 Å². The Morgan fingerprint density at radius 1 is 0.800 bits per heavy atom. The Labute approximate surface area is 297 Å². The van der Waals surface area contributed by atoms with Crippen molar-refractivity contribution < 1.29 is 0 Å². The zero-order valence-corrected chi connectivity index (χ0v) is 30.1. The molecule has 9 rings (SSSR count). The molecule has 1 aliphatic carbocycles. The van der Waals surface area contributed by atoms with Crippen LogP contribution in [0.3, 0.4) is 0 Å². The van der Waals surface area contributed by atoms with Crippen molar-refractivity contribution in [3.63, 3.8) is 0 Å². The molecular formula is C44H48N3O2P. The molecule has 2 N–H and O–H groups in total. The maximum absolute atomic E-state index is 13.5. The fourth-order valence-corrected chi connectivity index (χ4v) is 13.1.